The first-order valence-electron chi connectivity index (χ1n) is 3.77. The highest BCUT2D eigenvalue weighted by Crippen LogP contribution is 2.14. The molecule has 0 amide bonds. The molecule has 2 aromatic rings. The molecule has 0 aromatic carbocycles. The standard InChI is InChI=1S/C8H9N3O/c1-6(12)8-7-4-2-3-5-11(7)10-9-8/h2-6,12H,1H3. The summed E-state index contributed by atoms with van der Waals surface area (Å²) in [5.41, 5.74) is 1.48. The monoisotopic (exact) mass is 163 g/mol. The Labute approximate surface area is 69.4 Å². The number of nitrogens with zero attached hydrogens (tertiary/aromatic N) is 3. The smallest absolute Gasteiger partial charge is 0.119 e. The summed E-state index contributed by atoms with van der Waals surface area (Å²) in [6.07, 6.45) is 1.23. The Morgan fingerprint density at radius 2 is 2.33 bits per heavy atom. The van der Waals surface area contributed by atoms with E-state index in [0.717, 1.165) is 5.52 Å². The van der Waals surface area contributed by atoms with Crippen LogP contribution in [0.5, 0.6) is 0 Å². The van der Waals surface area contributed by atoms with Gasteiger partial charge < -0.3 is 5.11 Å². The third-order valence-corrected chi connectivity index (χ3v) is 1.75. The van der Waals surface area contributed by atoms with Crippen LogP contribution in [0.25, 0.3) is 5.52 Å². The van der Waals surface area contributed by atoms with E-state index in [1.165, 1.54) is 0 Å². The molecular weight excluding hydrogens is 154 g/mol. The molecule has 4 heteroatoms. The van der Waals surface area contributed by atoms with Crippen molar-refractivity contribution in [3.8, 4) is 0 Å². The minimum Gasteiger partial charge on any atom is -0.387 e. The second-order valence-electron chi connectivity index (χ2n) is 2.68. The number of pyridine rings is 1. The lowest BCUT2D eigenvalue weighted by Crippen LogP contribution is -1.91. The van der Waals surface area contributed by atoms with E-state index in [2.05, 4.69) is 10.3 Å². The van der Waals surface area contributed by atoms with E-state index in [9.17, 15) is 5.11 Å². The van der Waals surface area contributed by atoms with Gasteiger partial charge in [0.25, 0.3) is 0 Å². The second-order valence-corrected chi connectivity index (χ2v) is 2.68. The average molecular weight is 163 g/mol. The maximum absolute atomic E-state index is 9.29. The van der Waals surface area contributed by atoms with E-state index in [1.54, 1.807) is 17.6 Å². The number of aromatic nitrogens is 3. The Morgan fingerprint density at radius 1 is 1.50 bits per heavy atom. The summed E-state index contributed by atoms with van der Waals surface area (Å²) in [7, 11) is 0. The maximum Gasteiger partial charge on any atom is 0.119 e. The fraction of sp³-hybridized carbons (Fsp3) is 0.250. The van der Waals surface area contributed by atoms with E-state index < -0.39 is 6.10 Å². The van der Waals surface area contributed by atoms with Crippen LogP contribution in [-0.4, -0.2) is 19.9 Å². The van der Waals surface area contributed by atoms with Crippen molar-refractivity contribution in [1.82, 2.24) is 14.8 Å². The third-order valence-electron chi connectivity index (χ3n) is 1.75. The summed E-state index contributed by atoms with van der Waals surface area (Å²) >= 11 is 0. The number of rotatable bonds is 1. The third kappa shape index (κ3) is 0.967. The molecule has 2 aromatic heterocycles. The van der Waals surface area contributed by atoms with E-state index in [0.29, 0.717) is 5.69 Å². The van der Waals surface area contributed by atoms with E-state index in [4.69, 9.17) is 0 Å². The summed E-state index contributed by atoms with van der Waals surface area (Å²) in [5.74, 6) is 0. The highest BCUT2D eigenvalue weighted by Gasteiger charge is 2.09. The molecule has 0 aliphatic rings. The molecule has 0 fully saturated rings. The van der Waals surface area contributed by atoms with Crippen molar-refractivity contribution in [2.75, 3.05) is 0 Å². The molecule has 12 heavy (non-hydrogen) atoms. The number of fused-ring (bicyclic) bond motifs is 1. The van der Waals surface area contributed by atoms with Crippen LogP contribution >= 0.6 is 0 Å². The van der Waals surface area contributed by atoms with Gasteiger partial charge in [0.1, 0.15) is 5.69 Å². The van der Waals surface area contributed by atoms with Gasteiger partial charge >= 0.3 is 0 Å². The SMILES string of the molecule is CC(O)c1nnn2ccccc12. The fourth-order valence-electron chi connectivity index (χ4n) is 1.16. The Hall–Kier alpha value is -1.42. The van der Waals surface area contributed by atoms with Crippen LogP contribution in [0.15, 0.2) is 24.4 Å². The average Bonchev–Trinajstić information content (AvgIpc) is 2.47. The summed E-state index contributed by atoms with van der Waals surface area (Å²) in [6.45, 7) is 1.68. The first-order chi connectivity index (χ1) is 5.79. The summed E-state index contributed by atoms with van der Waals surface area (Å²) in [4.78, 5) is 0. The van der Waals surface area contributed by atoms with Crippen molar-refractivity contribution in [3.05, 3.63) is 30.1 Å². The summed E-state index contributed by atoms with van der Waals surface area (Å²) < 4.78 is 1.64. The quantitative estimate of drug-likeness (QED) is 0.676. The Morgan fingerprint density at radius 3 is 3.08 bits per heavy atom. The molecule has 2 rings (SSSR count). The zero-order valence-electron chi connectivity index (χ0n) is 6.68. The van der Waals surface area contributed by atoms with E-state index >= 15 is 0 Å². The maximum atomic E-state index is 9.29. The van der Waals surface area contributed by atoms with Gasteiger partial charge in [-0.1, -0.05) is 11.3 Å². The van der Waals surface area contributed by atoms with Gasteiger partial charge in [-0.05, 0) is 19.1 Å². The van der Waals surface area contributed by atoms with Crippen molar-refractivity contribution in [2.24, 2.45) is 0 Å². The van der Waals surface area contributed by atoms with E-state index in [-0.39, 0.29) is 0 Å². The molecule has 2 heterocycles. The van der Waals surface area contributed by atoms with Crippen molar-refractivity contribution in [1.29, 1.82) is 0 Å². The molecule has 0 aliphatic heterocycles. The van der Waals surface area contributed by atoms with Crippen LogP contribution in [0.2, 0.25) is 0 Å². The summed E-state index contributed by atoms with van der Waals surface area (Å²) in [6, 6.07) is 5.64. The summed E-state index contributed by atoms with van der Waals surface area (Å²) in [5, 5.41) is 17.0. The van der Waals surface area contributed by atoms with Crippen molar-refractivity contribution >= 4 is 5.52 Å². The Kier molecular flexibility index (Phi) is 1.55. The molecule has 0 aliphatic carbocycles. The lowest BCUT2D eigenvalue weighted by atomic mass is 10.2. The van der Waals surface area contributed by atoms with Crippen LogP contribution in [0.4, 0.5) is 0 Å². The predicted octanol–water partition coefficient (Wildman–Crippen LogP) is 0.783. The largest absolute Gasteiger partial charge is 0.387 e. The minimum atomic E-state index is -0.565. The molecular formula is C8H9N3O. The highest BCUT2D eigenvalue weighted by atomic mass is 16.3. The van der Waals surface area contributed by atoms with Gasteiger partial charge in [-0.3, -0.25) is 0 Å². The molecule has 1 N–H and O–H groups in total. The number of aliphatic hydroxyl groups is 1. The van der Waals surface area contributed by atoms with Crippen molar-refractivity contribution in [3.63, 3.8) is 0 Å². The zero-order chi connectivity index (χ0) is 8.55. The zero-order valence-corrected chi connectivity index (χ0v) is 6.68. The lowest BCUT2D eigenvalue weighted by molar-refractivity contribution is 0.195. The number of hydrogen-bond donors (Lipinski definition) is 1. The van der Waals surface area contributed by atoms with Crippen LogP contribution in [0.3, 0.4) is 0 Å². The fourth-order valence-corrected chi connectivity index (χ4v) is 1.16. The molecule has 0 saturated heterocycles. The van der Waals surface area contributed by atoms with Crippen molar-refractivity contribution < 1.29 is 5.11 Å². The van der Waals surface area contributed by atoms with Gasteiger partial charge in [0.2, 0.25) is 0 Å². The lowest BCUT2D eigenvalue weighted by Gasteiger charge is -1.97. The molecule has 1 atom stereocenters. The molecule has 62 valence electrons. The van der Waals surface area contributed by atoms with Gasteiger partial charge in [-0.2, -0.15) is 0 Å². The first-order valence-corrected chi connectivity index (χ1v) is 3.77. The number of aliphatic hydroxyl groups excluding tert-OH is 1. The molecule has 0 bridgehead atoms. The van der Waals surface area contributed by atoms with Crippen LogP contribution in [0, 0.1) is 0 Å². The minimum absolute atomic E-state index is 0.565. The van der Waals surface area contributed by atoms with Crippen LogP contribution in [0.1, 0.15) is 18.7 Å². The second kappa shape index (κ2) is 2.57. The van der Waals surface area contributed by atoms with Gasteiger partial charge in [0, 0.05) is 6.20 Å². The van der Waals surface area contributed by atoms with Gasteiger partial charge in [-0.15, -0.1) is 5.10 Å². The molecule has 4 nitrogen and oxygen atoms in total. The predicted molar refractivity (Wildman–Crippen MR) is 43.6 cm³/mol. The highest BCUT2D eigenvalue weighted by molar-refractivity contribution is 5.50. The van der Waals surface area contributed by atoms with Crippen LogP contribution < -0.4 is 0 Å². The molecule has 1 unspecified atom stereocenters. The topological polar surface area (TPSA) is 50.4 Å². The number of hydrogen-bond acceptors (Lipinski definition) is 3. The normalized spacial score (nSPS) is 13.5. The Balaban J connectivity index is 2.70. The molecule has 0 radical (unpaired) electrons. The van der Waals surface area contributed by atoms with Crippen LogP contribution in [-0.2, 0) is 0 Å². The Bertz CT molecular complexity index is 394. The first kappa shape index (κ1) is 7.24. The molecule has 0 saturated carbocycles. The van der Waals surface area contributed by atoms with Gasteiger partial charge in [-0.25, -0.2) is 4.52 Å². The van der Waals surface area contributed by atoms with Gasteiger partial charge in [0.15, 0.2) is 0 Å². The van der Waals surface area contributed by atoms with Gasteiger partial charge in [0.05, 0.1) is 11.6 Å². The molecule has 0 spiro atoms. The van der Waals surface area contributed by atoms with E-state index in [1.807, 2.05) is 18.2 Å². The van der Waals surface area contributed by atoms with Crippen molar-refractivity contribution in [2.45, 2.75) is 13.0 Å².